The molecular formula is C24H28ClN3O4. The van der Waals surface area contributed by atoms with Gasteiger partial charge in [0.25, 0.3) is 5.91 Å². The molecule has 0 aromatic heterocycles. The van der Waals surface area contributed by atoms with Crippen LogP contribution < -0.4 is 14.8 Å². The zero-order chi connectivity index (χ0) is 23.3. The average molecular weight is 458 g/mol. The predicted molar refractivity (Wildman–Crippen MR) is 125 cm³/mol. The van der Waals surface area contributed by atoms with Gasteiger partial charge in [-0.25, -0.2) is 0 Å². The van der Waals surface area contributed by atoms with Gasteiger partial charge in [-0.3, -0.25) is 4.79 Å². The van der Waals surface area contributed by atoms with Gasteiger partial charge in [-0.2, -0.15) is 0 Å². The molecule has 3 rings (SSSR count). The summed E-state index contributed by atoms with van der Waals surface area (Å²) in [5.74, 6) is 1.23. The highest BCUT2D eigenvalue weighted by atomic mass is 35.5. The van der Waals surface area contributed by atoms with Crippen LogP contribution in [0.3, 0.4) is 0 Å². The maximum atomic E-state index is 13.5. The van der Waals surface area contributed by atoms with Crippen LogP contribution >= 0.6 is 11.6 Å². The molecule has 3 N–H and O–H groups in total. The van der Waals surface area contributed by atoms with E-state index in [0.717, 1.165) is 24.0 Å². The van der Waals surface area contributed by atoms with Gasteiger partial charge < -0.3 is 30.2 Å². The van der Waals surface area contributed by atoms with Gasteiger partial charge in [0.1, 0.15) is 22.9 Å². The number of halogens is 1. The van der Waals surface area contributed by atoms with Crippen molar-refractivity contribution in [2.75, 3.05) is 21.3 Å². The van der Waals surface area contributed by atoms with E-state index in [1.165, 1.54) is 6.07 Å². The minimum absolute atomic E-state index is 0.0150. The van der Waals surface area contributed by atoms with Crippen LogP contribution in [0.2, 0.25) is 5.02 Å². The van der Waals surface area contributed by atoms with E-state index in [4.69, 9.17) is 26.5 Å². The van der Waals surface area contributed by atoms with Crippen molar-refractivity contribution in [2.24, 2.45) is 5.92 Å². The molecule has 0 bridgehead atoms. The fourth-order valence-electron chi connectivity index (χ4n) is 3.34. The Morgan fingerprint density at radius 1 is 1.22 bits per heavy atom. The molecule has 1 aliphatic rings. The summed E-state index contributed by atoms with van der Waals surface area (Å²) in [6, 6.07) is 10.3. The first-order valence-corrected chi connectivity index (χ1v) is 10.7. The van der Waals surface area contributed by atoms with E-state index in [9.17, 15) is 9.90 Å². The standard InChI is InChI=1S/C24H28ClN3O4/c1-27-21(12-20(26)16-5-6-16)24(30)28(13-15-4-9-22(29)19(25)10-15)14-17-7-8-18(31-2)11-23(17)32-3/h4,7-12,16,26-27,29H,5-6,13-14H2,1-3H3/b21-12-,26-20?. The molecule has 0 saturated heterocycles. The molecule has 0 unspecified atom stereocenters. The van der Waals surface area contributed by atoms with Crippen LogP contribution in [0.15, 0.2) is 48.2 Å². The van der Waals surface area contributed by atoms with Gasteiger partial charge in [0.05, 0.1) is 25.8 Å². The van der Waals surface area contributed by atoms with Crippen molar-refractivity contribution in [1.82, 2.24) is 10.2 Å². The van der Waals surface area contributed by atoms with Gasteiger partial charge in [0.2, 0.25) is 0 Å². The first-order chi connectivity index (χ1) is 15.4. The van der Waals surface area contributed by atoms with Crippen LogP contribution in [0.1, 0.15) is 24.0 Å². The van der Waals surface area contributed by atoms with Crippen molar-refractivity contribution < 1.29 is 19.4 Å². The van der Waals surface area contributed by atoms with Crippen molar-refractivity contribution in [3.05, 3.63) is 64.3 Å². The second-order valence-electron chi connectivity index (χ2n) is 7.66. The number of aromatic hydroxyl groups is 1. The lowest BCUT2D eigenvalue weighted by molar-refractivity contribution is -0.128. The van der Waals surface area contributed by atoms with Gasteiger partial charge >= 0.3 is 0 Å². The summed E-state index contributed by atoms with van der Waals surface area (Å²) < 4.78 is 10.8. The molecule has 1 saturated carbocycles. The Morgan fingerprint density at radius 3 is 2.56 bits per heavy atom. The second kappa shape index (κ2) is 10.4. The molecule has 2 aromatic carbocycles. The number of methoxy groups -OCH3 is 2. The minimum Gasteiger partial charge on any atom is -0.506 e. The number of benzene rings is 2. The zero-order valence-electron chi connectivity index (χ0n) is 18.4. The summed E-state index contributed by atoms with van der Waals surface area (Å²) in [4.78, 5) is 15.1. The molecule has 0 radical (unpaired) electrons. The highest BCUT2D eigenvalue weighted by molar-refractivity contribution is 6.32. The predicted octanol–water partition coefficient (Wildman–Crippen LogP) is 4.12. The maximum Gasteiger partial charge on any atom is 0.270 e. The first-order valence-electron chi connectivity index (χ1n) is 10.3. The summed E-state index contributed by atoms with van der Waals surface area (Å²) in [5, 5.41) is 21.1. The highest BCUT2D eigenvalue weighted by Crippen LogP contribution is 2.31. The zero-order valence-corrected chi connectivity index (χ0v) is 19.2. The Hall–Kier alpha value is -3.19. The Kier molecular flexibility index (Phi) is 7.64. The number of hydrogen-bond acceptors (Lipinski definition) is 6. The lowest BCUT2D eigenvalue weighted by Crippen LogP contribution is -2.35. The molecular weight excluding hydrogens is 430 g/mol. The van der Waals surface area contributed by atoms with Crippen molar-refractivity contribution in [1.29, 1.82) is 5.41 Å². The second-order valence-corrected chi connectivity index (χ2v) is 8.07. The third-order valence-electron chi connectivity index (χ3n) is 5.34. The molecule has 0 heterocycles. The molecule has 1 amide bonds. The molecule has 2 aromatic rings. The normalized spacial score (nSPS) is 13.4. The lowest BCUT2D eigenvalue weighted by Gasteiger charge is -2.25. The van der Waals surface area contributed by atoms with Crippen LogP contribution in [0.4, 0.5) is 0 Å². The first kappa shape index (κ1) is 23.5. The number of carbonyl (C=O) groups excluding carboxylic acids is 1. The topological polar surface area (TPSA) is 94.9 Å². The van der Waals surface area contributed by atoms with Gasteiger partial charge in [0, 0.05) is 36.9 Å². The largest absolute Gasteiger partial charge is 0.506 e. The van der Waals surface area contributed by atoms with Crippen LogP contribution in [0, 0.1) is 11.3 Å². The number of nitrogens with zero attached hydrogens (tertiary/aromatic N) is 1. The van der Waals surface area contributed by atoms with Crippen LogP contribution in [0.5, 0.6) is 17.2 Å². The summed E-state index contributed by atoms with van der Waals surface area (Å²) >= 11 is 6.08. The Labute approximate surface area is 193 Å². The van der Waals surface area contributed by atoms with Crippen LogP contribution in [-0.2, 0) is 17.9 Å². The lowest BCUT2D eigenvalue weighted by atomic mass is 10.1. The third kappa shape index (κ3) is 5.73. The fourth-order valence-corrected chi connectivity index (χ4v) is 3.54. The number of phenolic OH excluding ortho intramolecular Hbond substituents is 1. The molecule has 1 aliphatic carbocycles. The van der Waals surface area contributed by atoms with Gasteiger partial charge in [-0.1, -0.05) is 17.7 Å². The third-order valence-corrected chi connectivity index (χ3v) is 5.65. The van der Waals surface area contributed by atoms with E-state index in [1.54, 1.807) is 50.4 Å². The maximum absolute atomic E-state index is 13.5. The molecule has 32 heavy (non-hydrogen) atoms. The minimum atomic E-state index is -0.250. The van der Waals surface area contributed by atoms with Crippen molar-refractivity contribution in [3.63, 3.8) is 0 Å². The number of carbonyl (C=O) groups is 1. The number of amides is 1. The number of rotatable bonds is 10. The van der Waals surface area contributed by atoms with Crippen LogP contribution in [0.25, 0.3) is 0 Å². The molecule has 8 heteroatoms. The number of hydrogen-bond donors (Lipinski definition) is 3. The Morgan fingerprint density at radius 2 is 1.97 bits per heavy atom. The average Bonchev–Trinajstić information content (AvgIpc) is 3.64. The number of nitrogens with one attached hydrogen (secondary N) is 2. The number of ether oxygens (including phenoxy) is 2. The molecule has 0 spiro atoms. The van der Waals surface area contributed by atoms with Crippen molar-refractivity contribution >= 4 is 23.2 Å². The molecule has 7 nitrogen and oxygen atoms in total. The molecule has 170 valence electrons. The summed E-state index contributed by atoms with van der Waals surface area (Å²) in [6.07, 6.45) is 3.58. The van der Waals surface area contributed by atoms with E-state index in [-0.39, 0.29) is 35.7 Å². The quantitative estimate of drug-likeness (QED) is 0.368. The van der Waals surface area contributed by atoms with Gasteiger partial charge in [0.15, 0.2) is 0 Å². The van der Waals surface area contributed by atoms with Crippen LogP contribution in [-0.4, -0.2) is 42.9 Å². The Bertz CT molecular complexity index is 1030. The number of likely N-dealkylation sites (N-methyl/N-ethyl adjacent to an activating group) is 1. The summed E-state index contributed by atoms with van der Waals surface area (Å²) in [6.45, 7) is 0.518. The Balaban J connectivity index is 1.93. The van der Waals surface area contributed by atoms with E-state index < -0.39 is 0 Å². The molecule has 0 aliphatic heterocycles. The summed E-state index contributed by atoms with van der Waals surface area (Å²) in [7, 11) is 4.82. The van der Waals surface area contributed by atoms with Crippen molar-refractivity contribution in [3.8, 4) is 17.2 Å². The van der Waals surface area contributed by atoms with Gasteiger partial charge in [-0.05, 0) is 48.7 Å². The highest BCUT2D eigenvalue weighted by Gasteiger charge is 2.27. The summed E-state index contributed by atoms with van der Waals surface area (Å²) in [5.41, 5.74) is 2.37. The van der Waals surface area contributed by atoms with E-state index >= 15 is 0 Å². The van der Waals surface area contributed by atoms with E-state index in [2.05, 4.69) is 5.32 Å². The number of phenols is 1. The van der Waals surface area contributed by atoms with Crippen molar-refractivity contribution in [2.45, 2.75) is 25.9 Å². The monoisotopic (exact) mass is 457 g/mol. The number of allylic oxidation sites excluding steroid dienone is 1. The molecule has 1 fully saturated rings. The van der Waals surface area contributed by atoms with Gasteiger partial charge in [-0.15, -0.1) is 0 Å². The smallest absolute Gasteiger partial charge is 0.270 e. The van der Waals surface area contributed by atoms with E-state index in [1.807, 2.05) is 12.1 Å². The SMILES string of the molecule is CN/C(=C\C(=N)C1CC1)C(=O)N(Cc1ccc(O)c(Cl)c1)Cc1ccc(OC)cc1OC. The van der Waals surface area contributed by atoms with E-state index in [0.29, 0.717) is 22.9 Å². The molecule has 0 atom stereocenters. The fraction of sp³-hybridized carbons (Fsp3) is 0.333.